The third-order valence-electron chi connectivity index (χ3n) is 4.15. The van der Waals surface area contributed by atoms with Gasteiger partial charge in [0.1, 0.15) is 5.82 Å². The molecule has 0 aliphatic carbocycles. The second kappa shape index (κ2) is 7.95. The normalized spacial score (nSPS) is 11.3. The van der Waals surface area contributed by atoms with Gasteiger partial charge in [-0.3, -0.25) is 4.79 Å². The van der Waals surface area contributed by atoms with Crippen molar-refractivity contribution < 1.29 is 4.79 Å². The highest BCUT2D eigenvalue weighted by Crippen LogP contribution is 2.20. The summed E-state index contributed by atoms with van der Waals surface area (Å²) in [5.41, 5.74) is 4.19. The first-order valence-corrected chi connectivity index (χ1v) is 8.87. The maximum absolute atomic E-state index is 12.4. The van der Waals surface area contributed by atoms with Crippen LogP contribution in [0.15, 0.2) is 48.8 Å². The molecule has 0 spiro atoms. The van der Waals surface area contributed by atoms with Crippen molar-refractivity contribution in [3.8, 4) is 5.95 Å². The Morgan fingerprint density at radius 3 is 2.56 bits per heavy atom. The highest BCUT2D eigenvalue weighted by Gasteiger charge is 2.15. The number of nitrogens with one attached hydrogen (secondary N) is 1. The van der Waals surface area contributed by atoms with Crippen LogP contribution >= 0.6 is 0 Å². The maximum atomic E-state index is 12.4. The molecule has 6 heteroatoms. The smallest absolute Gasteiger partial charge is 0.252 e. The summed E-state index contributed by atoms with van der Waals surface area (Å²) in [4.78, 5) is 20.9. The Morgan fingerprint density at radius 1 is 1.15 bits per heavy atom. The monoisotopic (exact) mass is 361 g/mol. The Labute approximate surface area is 159 Å². The number of hydrogen-bond acceptors (Lipinski definition) is 4. The largest absolute Gasteiger partial charge is 0.307 e. The Morgan fingerprint density at radius 2 is 1.89 bits per heavy atom. The maximum Gasteiger partial charge on any atom is 0.252 e. The number of carbonyl (C=O) groups is 1. The summed E-state index contributed by atoms with van der Waals surface area (Å²) in [6.45, 7) is 8.17. The molecule has 138 valence electrons. The molecule has 3 rings (SSSR count). The van der Waals surface area contributed by atoms with E-state index in [0.29, 0.717) is 11.8 Å². The summed E-state index contributed by atoms with van der Waals surface area (Å²) < 4.78 is 1.55. The van der Waals surface area contributed by atoms with Crippen LogP contribution in [0.3, 0.4) is 0 Å². The van der Waals surface area contributed by atoms with Crippen molar-refractivity contribution in [2.45, 2.75) is 33.6 Å². The van der Waals surface area contributed by atoms with Gasteiger partial charge >= 0.3 is 0 Å². The molecule has 27 heavy (non-hydrogen) atoms. The van der Waals surface area contributed by atoms with E-state index in [9.17, 15) is 4.79 Å². The molecule has 2 heterocycles. The molecule has 0 fully saturated rings. The minimum atomic E-state index is -0.234. The zero-order chi connectivity index (χ0) is 19.4. The van der Waals surface area contributed by atoms with Crippen molar-refractivity contribution in [1.29, 1.82) is 0 Å². The molecule has 3 aromatic rings. The first-order chi connectivity index (χ1) is 12.9. The Balaban J connectivity index is 1.84. The van der Waals surface area contributed by atoms with E-state index >= 15 is 0 Å². The number of carbonyl (C=O) groups excluding carboxylic acids is 1. The highest BCUT2D eigenvalue weighted by atomic mass is 16.1. The lowest BCUT2D eigenvalue weighted by Gasteiger charge is -2.05. The highest BCUT2D eigenvalue weighted by molar-refractivity contribution is 6.01. The number of rotatable bonds is 5. The number of amides is 1. The van der Waals surface area contributed by atoms with E-state index in [1.807, 2.05) is 52.0 Å². The van der Waals surface area contributed by atoms with Crippen molar-refractivity contribution in [3.05, 3.63) is 71.2 Å². The van der Waals surface area contributed by atoms with Crippen molar-refractivity contribution in [2.75, 3.05) is 5.32 Å². The van der Waals surface area contributed by atoms with Gasteiger partial charge in [-0.15, -0.1) is 0 Å². The third-order valence-corrected chi connectivity index (χ3v) is 4.15. The zero-order valence-corrected chi connectivity index (χ0v) is 16.0. The topological polar surface area (TPSA) is 72.7 Å². The molecule has 1 N–H and O–H groups in total. The lowest BCUT2D eigenvalue weighted by atomic mass is 10.1. The minimum Gasteiger partial charge on any atom is -0.307 e. The first kappa shape index (κ1) is 18.5. The summed E-state index contributed by atoms with van der Waals surface area (Å²) in [6, 6.07) is 9.72. The fraction of sp³-hybridized carbons (Fsp3) is 0.238. The molecule has 0 aliphatic heterocycles. The van der Waals surface area contributed by atoms with Crippen LogP contribution in [0.4, 0.5) is 5.82 Å². The van der Waals surface area contributed by atoms with Crippen LogP contribution in [0.5, 0.6) is 0 Å². The summed E-state index contributed by atoms with van der Waals surface area (Å²) in [6.07, 6.45) is 6.62. The van der Waals surface area contributed by atoms with Crippen LogP contribution in [0.2, 0.25) is 0 Å². The molecule has 0 saturated heterocycles. The lowest BCUT2D eigenvalue weighted by molar-refractivity contribution is -0.111. The summed E-state index contributed by atoms with van der Waals surface area (Å²) >= 11 is 0. The predicted molar refractivity (Wildman–Crippen MR) is 107 cm³/mol. The van der Waals surface area contributed by atoms with Crippen molar-refractivity contribution >= 4 is 17.8 Å². The second-order valence-electron chi connectivity index (χ2n) is 6.75. The number of hydrogen-bond donors (Lipinski definition) is 1. The quantitative estimate of drug-likeness (QED) is 0.696. The van der Waals surface area contributed by atoms with E-state index < -0.39 is 0 Å². The minimum absolute atomic E-state index is 0.219. The fourth-order valence-electron chi connectivity index (χ4n) is 2.67. The molecular weight excluding hydrogens is 338 g/mol. The molecule has 1 aromatic carbocycles. The molecule has 2 aromatic heterocycles. The average Bonchev–Trinajstić information content (AvgIpc) is 3.06. The molecule has 0 bridgehead atoms. The number of aryl methyl sites for hydroxylation is 2. The molecule has 0 unspecified atom stereocenters. The molecule has 0 radical (unpaired) electrons. The molecule has 1 amide bonds. The van der Waals surface area contributed by atoms with E-state index in [0.717, 1.165) is 16.8 Å². The van der Waals surface area contributed by atoms with Gasteiger partial charge in [0.25, 0.3) is 5.95 Å². The molecule has 6 nitrogen and oxygen atoms in total. The fourth-order valence-corrected chi connectivity index (χ4v) is 2.67. The van der Waals surface area contributed by atoms with Gasteiger partial charge in [0.05, 0.1) is 5.69 Å². The zero-order valence-electron chi connectivity index (χ0n) is 16.0. The van der Waals surface area contributed by atoms with Crippen LogP contribution in [0.25, 0.3) is 12.0 Å². The van der Waals surface area contributed by atoms with Gasteiger partial charge in [-0.2, -0.15) is 9.78 Å². The molecule has 0 aliphatic rings. The number of aromatic nitrogens is 4. The number of anilines is 1. The van der Waals surface area contributed by atoms with Crippen molar-refractivity contribution in [3.63, 3.8) is 0 Å². The van der Waals surface area contributed by atoms with Crippen LogP contribution in [0.1, 0.15) is 42.1 Å². The third kappa shape index (κ3) is 4.47. The van der Waals surface area contributed by atoms with E-state index in [-0.39, 0.29) is 11.8 Å². The van der Waals surface area contributed by atoms with Gasteiger partial charge < -0.3 is 5.32 Å². The van der Waals surface area contributed by atoms with Gasteiger partial charge in [-0.05, 0) is 43.0 Å². The van der Waals surface area contributed by atoms with Crippen LogP contribution in [-0.2, 0) is 4.79 Å². The first-order valence-electron chi connectivity index (χ1n) is 8.87. The Kier molecular flexibility index (Phi) is 5.45. The van der Waals surface area contributed by atoms with Crippen LogP contribution in [-0.4, -0.2) is 25.7 Å². The lowest BCUT2D eigenvalue weighted by Crippen LogP contribution is -2.13. The number of benzene rings is 1. The summed E-state index contributed by atoms with van der Waals surface area (Å²) in [5.74, 6) is 0.942. The molecule has 0 saturated carbocycles. The SMILES string of the molecule is Cc1ccc(/C=C/C(=O)Nc2cc(C(C)C)nn2-c2ncccn2)c(C)c1. The van der Waals surface area contributed by atoms with Gasteiger partial charge in [-0.25, -0.2) is 9.97 Å². The summed E-state index contributed by atoms with van der Waals surface area (Å²) in [7, 11) is 0. The van der Waals surface area contributed by atoms with Gasteiger partial charge in [-0.1, -0.05) is 37.6 Å². The summed E-state index contributed by atoms with van der Waals surface area (Å²) in [5, 5.41) is 7.41. The average molecular weight is 361 g/mol. The Bertz CT molecular complexity index is 973. The van der Waals surface area contributed by atoms with Gasteiger partial charge in [0, 0.05) is 24.5 Å². The van der Waals surface area contributed by atoms with Gasteiger partial charge in [0.15, 0.2) is 0 Å². The standard InChI is InChI=1S/C21H23N5O/c1-14(2)18-13-19(26(25-18)21-22-10-5-11-23-21)24-20(27)9-8-17-7-6-15(3)12-16(17)4/h5-14H,1-4H3,(H,24,27)/b9-8+. The van der Waals surface area contributed by atoms with E-state index in [1.165, 1.54) is 11.6 Å². The van der Waals surface area contributed by atoms with Crippen molar-refractivity contribution in [1.82, 2.24) is 19.7 Å². The Hall–Kier alpha value is -3.28. The molecular formula is C21H23N5O. The van der Waals surface area contributed by atoms with Crippen molar-refractivity contribution in [2.24, 2.45) is 0 Å². The van der Waals surface area contributed by atoms with E-state index in [4.69, 9.17) is 0 Å². The second-order valence-corrected chi connectivity index (χ2v) is 6.75. The van der Waals surface area contributed by atoms with Crippen LogP contribution in [0, 0.1) is 13.8 Å². The van der Waals surface area contributed by atoms with Crippen LogP contribution < -0.4 is 5.32 Å². The number of nitrogens with zero attached hydrogens (tertiary/aromatic N) is 4. The molecule has 0 atom stereocenters. The van der Waals surface area contributed by atoms with Gasteiger partial charge in [0.2, 0.25) is 5.91 Å². The van der Waals surface area contributed by atoms with E-state index in [1.54, 1.807) is 23.1 Å². The predicted octanol–water partition coefficient (Wildman–Crippen LogP) is 4.05. The van der Waals surface area contributed by atoms with E-state index in [2.05, 4.69) is 26.4 Å².